The number of nitrogens with zero attached hydrogens (tertiary/aromatic N) is 2. The Hall–Kier alpha value is -2.58. The van der Waals surface area contributed by atoms with Gasteiger partial charge in [-0.15, -0.1) is 0 Å². The highest BCUT2D eigenvalue weighted by Gasteiger charge is 2.53. The van der Waals surface area contributed by atoms with Crippen molar-refractivity contribution in [1.82, 2.24) is 15.5 Å². The molecule has 0 saturated carbocycles. The van der Waals surface area contributed by atoms with Crippen LogP contribution in [0.25, 0.3) is 0 Å². The number of para-hydroxylation sites is 1. The maximum Gasteiger partial charge on any atom is 0.255 e. The Bertz CT molecular complexity index is 944. The molecule has 4 atom stereocenters. The minimum atomic E-state index is -0.843. The van der Waals surface area contributed by atoms with Crippen molar-refractivity contribution in [2.24, 2.45) is 10.7 Å². The van der Waals surface area contributed by atoms with Gasteiger partial charge in [0.2, 0.25) is 0 Å². The van der Waals surface area contributed by atoms with Gasteiger partial charge >= 0.3 is 0 Å². The number of likely N-dealkylation sites (N-methyl/N-ethyl adjacent to an activating group) is 1. The minimum absolute atomic E-state index is 0.0556. The number of carbonyl (C=O) groups is 1. The highest BCUT2D eigenvalue weighted by Crippen LogP contribution is 2.40. The van der Waals surface area contributed by atoms with E-state index in [0.717, 1.165) is 12.0 Å². The molecule has 0 radical (unpaired) electrons. The molecule has 3 rings (SSSR count). The standard InChI is InChI=1S/C26H41N5O3/c1-7-13-28-15-20(30-21(27)8-2)26(5)23(32)19(16-31(26)6)29-24(33)17-10-9-11-18-22(17)34-14-12-25(18,3)4/h7,9-11,13,19-20,23,28,32H,8,12,14-16H2,1-6H3,(H2,27,30)(H,29,33)/b13-7-/t19-,20?,23?,26?/m1/s1. The Morgan fingerprint density at radius 3 is 2.82 bits per heavy atom. The Kier molecular flexibility index (Phi) is 7.93. The largest absolute Gasteiger partial charge is 0.492 e. The molecule has 1 aromatic carbocycles. The van der Waals surface area contributed by atoms with Gasteiger partial charge in [-0.05, 0) is 45.0 Å². The second kappa shape index (κ2) is 10.4. The van der Waals surface area contributed by atoms with E-state index in [1.165, 1.54) is 0 Å². The first kappa shape index (κ1) is 26.0. The molecule has 2 aliphatic rings. The number of ether oxygens (including phenoxy) is 1. The van der Waals surface area contributed by atoms with E-state index in [0.29, 0.717) is 43.3 Å². The molecule has 0 aromatic heterocycles. The molecule has 0 bridgehead atoms. The van der Waals surface area contributed by atoms with Gasteiger partial charge in [0, 0.05) is 25.1 Å². The van der Waals surface area contributed by atoms with E-state index in [1.807, 2.05) is 52.2 Å². The number of nitrogens with two attached hydrogens (primary N) is 1. The molecular formula is C26H41N5O3. The number of likely N-dealkylation sites (tertiary alicyclic amines) is 1. The van der Waals surface area contributed by atoms with Crippen LogP contribution in [0.4, 0.5) is 0 Å². The van der Waals surface area contributed by atoms with Gasteiger partial charge in [-0.25, -0.2) is 0 Å². The topological polar surface area (TPSA) is 112 Å². The van der Waals surface area contributed by atoms with Crippen molar-refractivity contribution in [1.29, 1.82) is 0 Å². The van der Waals surface area contributed by atoms with Crippen LogP contribution in [-0.2, 0) is 5.41 Å². The van der Waals surface area contributed by atoms with Crippen molar-refractivity contribution in [3.63, 3.8) is 0 Å². The minimum Gasteiger partial charge on any atom is -0.492 e. The molecular weight excluding hydrogens is 430 g/mol. The summed E-state index contributed by atoms with van der Waals surface area (Å²) in [5.74, 6) is 0.947. The number of hydrogen-bond acceptors (Lipinski definition) is 6. The molecule has 1 aromatic rings. The van der Waals surface area contributed by atoms with Gasteiger partial charge in [-0.3, -0.25) is 14.7 Å². The second-order valence-corrected chi connectivity index (χ2v) is 10.2. The van der Waals surface area contributed by atoms with Crippen LogP contribution >= 0.6 is 0 Å². The molecule has 1 amide bonds. The van der Waals surface area contributed by atoms with Crippen LogP contribution < -0.4 is 21.1 Å². The Labute approximate surface area is 203 Å². The molecule has 0 spiro atoms. The maximum atomic E-state index is 13.4. The van der Waals surface area contributed by atoms with Crippen molar-refractivity contribution in [2.45, 2.75) is 76.6 Å². The van der Waals surface area contributed by atoms with Crippen molar-refractivity contribution in [2.75, 3.05) is 26.7 Å². The van der Waals surface area contributed by atoms with Crippen molar-refractivity contribution in [3.05, 3.63) is 41.6 Å². The van der Waals surface area contributed by atoms with Gasteiger partial charge < -0.3 is 26.2 Å². The van der Waals surface area contributed by atoms with Crippen LogP contribution in [0.15, 0.2) is 35.5 Å². The number of amides is 1. The van der Waals surface area contributed by atoms with E-state index in [4.69, 9.17) is 15.5 Å². The fourth-order valence-electron chi connectivity index (χ4n) is 4.97. The first-order chi connectivity index (χ1) is 16.1. The summed E-state index contributed by atoms with van der Waals surface area (Å²) in [5.41, 5.74) is 6.87. The van der Waals surface area contributed by atoms with Crippen LogP contribution in [0.3, 0.4) is 0 Å². The Balaban J connectivity index is 1.84. The average molecular weight is 472 g/mol. The van der Waals surface area contributed by atoms with E-state index in [1.54, 1.807) is 6.07 Å². The van der Waals surface area contributed by atoms with Gasteiger partial charge in [0.15, 0.2) is 0 Å². The number of allylic oxidation sites excluding steroid dienone is 1. The first-order valence-corrected chi connectivity index (χ1v) is 12.2. The van der Waals surface area contributed by atoms with E-state index in [-0.39, 0.29) is 17.4 Å². The summed E-state index contributed by atoms with van der Waals surface area (Å²) in [4.78, 5) is 20.2. The summed E-state index contributed by atoms with van der Waals surface area (Å²) in [7, 11) is 1.95. The van der Waals surface area contributed by atoms with Crippen LogP contribution in [0, 0.1) is 0 Å². The molecule has 2 heterocycles. The smallest absolute Gasteiger partial charge is 0.255 e. The fraction of sp³-hybridized carbons (Fsp3) is 0.615. The monoisotopic (exact) mass is 471 g/mol. The molecule has 34 heavy (non-hydrogen) atoms. The van der Waals surface area contributed by atoms with Gasteiger partial charge in [0.05, 0.1) is 41.7 Å². The summed E-state index contributed by atoms with van der Waals surface area (Å²) in [6.45, 7) is 11.8. The van der Waals surface area contributed by atoms with Crippen LogP contribution in [0.1, 0.15) is 63.4 Å². The number of carbonyl (C=O) groups excluding carboxylic acids is 1. The molecule has 3 unspecified atom stereocenters. The van der Waals surface area contributed by atoms with E-state index < -0.39 is 17.7 Å². The van der Waals surface area contributed by atoms with Crippen LogP contribution in [0.2, 0.25) is 0 Å². The molecule has 2 aliphatic heterocycles. The molecule has 0 aliphatic carbocycles. The molecule has 5 N–H and O–H groups in total. The van der Waals surface area contributed by atoms with E-state index in [9.17, 15) is 9.90 Å². The predicted octanol–water partition coefficient (Wildman–Crippen LogP) is 2.17. The van der Waals surface area contributed by atoms with Crippen molar-refractivity contribution in [3.8, 4) is 5.75 Å². The third kappa shape index (κ3) is 4.93. The highest BCUT2D eigenvalue weighted by atomic mass is 16.5. The van der Waals surface area contributed by atoms with Crippen molar-refractivity contribution < 1.29 is 14.6 Å². The number of aliphatic hydroxyl groups excluding tert-OH is 1. The number of hydrogen-bond donors (Lipinski definition) is 4. The quantitative estimate of drug-likeness (QED) is 0.342. The van der Waals surface area contributed by atoms with E-state index in [2.05, 4.69) is 29.4 Å². The number of amidine groups is 1. The average Bonchev–Trinajstić information content (AvgIpc) is 3.01. The lowest BCUT2D eigenvalue weighted by molar-refractivity contribution is 0.0272. The Morgan fingerprint density at radius 1 is 1.41 bits per heavy atom. The molecule has 1 saturated heterocycles. The molecule has 188 valence electrons. The fourth-order valence-corrected chi connectivity index (χ4v) is 4.97. The number of aliphatic imine (C=N–C) groups is 1. The van der Waals surface area contributed by atoms with Gasteiger partial charge in [0.1, 0.15) is 5.75 Å². The van der Waals surface area contributed by atoms with Gasteiger partial charge in [-0.2, -0.15) is 0 Å². The number of rotatable bonds is 8. The lowest BCUT2D eigenvalue weighted by atomic mass is 9.79. The number of nitrogens with one attached hydrogen (secondary N) is 2. The van der Waals surface area contributed by atoms with Gasteiger partial charge in [0.25, 0.3) is 5.91 Å². The first-order valence-electron chi connectivity index (χ1n) is 12.2. The lowest BCUT2D eigenvalue weighted by Crippen LogP contribution is -2.59. The number of benzene rings is 1. The van der Waals surface area contributed by atoms with Crippen molar-refractivity contribution >= 4 is 11.7 Å². The zero-order valence-electron chi connectivity index (χ0n) is 21.4. The second-order valence-electron chi connectivity index (χ2n) is 10.2. The molecule has 1 fully saturated rings. The molecule has 8 nitrogen and oxygen atoms in total. The van der Waals surface area contributed by atoms with Crippen LogP contribution in [-0.4, -0.2) is 72.2 Å². The zero-order valence-corrected chi connectivity index (χ0v) is 21.4. The third-order valence-electron chi connectivity index (χ3n) is 7.51. The molecule has 8 heteroatoms. The predicted molar refractivity (Wildman–Crippen MR) is 136 cm³/mol. The summed E-state index contributed by atoms with van der Waals surface area (Å²) in [6, 6.07) is 4.95. The number of aliphatic hydroxyl groups is 1. The number of fused-ring (bicyclic) bond motifs is 1. The zero-order chi connectivity index (χ0) is 25.1. The van der Waals surface area contributed by atoms with Crippen LogP contribution in [0.5, 0.6) is 5.75 Å². The maximum absolute atomic E-state index is 13.4. The summed E-state index contributed by atoms with van der Waals surface area (Å²) in [6.07, 6.45) is 4.46. The van der Waals surface area contributed by atoms with Gasteiger partial charge in [-0.1, -0.05) is 39.0 Å². The SMILES string of the molecule is C/C=C\NCC(N=C(N)CC)C1(C)C(O)[C@H](NC(=O)c2cccc3c2OCCC3(C)C)CN1C. The summed E-state index contributed by atoms with van der Waals surface area (Å²) in [5, 5.41) is 17.8. The Morgan fingerprint density at radius 2 is 2.15 bits per heavy atom. The highest BCUT2D eigenvalue weighted by molar-refractivity contribution is 5.97. The lowest BCUT2D eigenvalue weighted by Gasteiger charge is -2.40. The van der Waals surface area contributed by atoms with E-state index >= 15 is 0 Å². The summed E-state index contributed by atoms with van der Waals surface area (Å²) >= 11 is 0. The third-order valence-corrected chi connectivity index (χ3v) is 7.51. The summed E-state index contributed by atoms with van der Waals surface area (Å²) < 4.78 is 5.93. The normalized spacial score (nSPS) is 27.8.